The third-order valence-corrected chi connectivity index (χ3v) is 5.24. The zero-order chi connectivity index (χ0) is 18.8. The van der Waals surface area contributed by atoms with E-state index in [0.29, 0.717) is 24.1 Å². The number of nitrogens with zero attached hydrogens (tertiary/aromatic N) is 2. The van der Waals surface area contributed by atoms with Crippen molar-refractivity contribution in [3.05, 3.63) is 71.3 Å². The van der Waals surface area contributed by atoms with Gasteiger partial charge in [-0.05, 0) is 48.2 Å². The van der Waals surface area contributed by atoms with E-state index in [1.54, 1.807) is 41.0 Å². The molecule has 2 aromatic heterocycles. The van der Waals surface area contributed by atoms with Crippen molar-refractivity contribution in [2.24, 2.45) is 0 Å². The van der Waals surface area contributed by atoms with E-state index in [2.05, 4.69) is 10.4 Å². The predicted molar refractivity (Wildman–Crippen MR) is 100 cm³/mol. The van der Waals surface area contributed by atoms with E-state index in [9.17, 15) is 14.3 Å². The lowest BCUT2D eigenvalue weighted by Crippen LogP contribution is -2.45. The smallest absolute Gasteiger partial charge is 0.270 e. The van der Waals surface area contributed by atoms with Crippen molar-refractivity contribution in [3.8, 4) is 0 Å². The number of aromatic nitrogens is 2. The molecule has 27 heavy (non-hydrogen) atoms. The van der Waals surface area contributed by atoms with Crippen molar-refractivity contribution < 1.29 is 14.3 Å². The standard InChI is InChI=1S/C21H22FN3O2/c22-16-7-2-1-6-14(16)12-15-13-19(25-18(15)9-5-11-23-25)21(27)24-17-8-3-4-10-20(17)26/h1-2,5-7,9,11,13,17,20,26H,3-4,8,10,12H2,(H,24,27)/t17-,20-/m0/s1. The molecule has 3 aromatic rings. The maximum atomic E-state index is 14.1. The predicted octanol–water partition coefficient (Wildman–Crippen LogP) is 3.10. The minimum Gasteiger partial charge on any atom is -0.391 e. The van der Waals surface area contributed by atoms with E-state index in [4.69, 9.17) is 0 Å². The third-order valence-electron chi connectivity index (χ3n) is 5.24. The fourth-order valence-corrected chi connectivity index (χ4v) is 3.78. The summed E-state index contributed by atoms with van der Waals surface area (Å²) in [6.45, 7) is 0. The number of benzene rings is 1. The van der Waals surface area contributed by atoms with Crippen molar-refractivity contribution in [3.63, 3.8) is 0 Å². The summed E-state index contributed by atoms with van der Waals surface area (Å²) in [5, 5.41) is 17.4. The molecule has 1 saturated carbocycles. The van der Waals surface area contributed by atoms with Crippen LogP contribution in [0.4, 0.5) is 4.39 Å². The van der Waals surface area contributed by atoms with Gasteiger partial charge in [0.15, 0.2) is 0 Å². The Morgan fingerprint density at radius 3 is 2.81 bits per heavy atom. The van der Waals surface area contributed by atoms with Gasteiger partial charge in [-0.15, -0.1) is 0 Å². The topological polar surface area (TPSA) is 66.6 Å². The van der Waals surface area contributed by atoms with Gasteiger partial charge in [-0.2, -0.15) is 5.10 Å². The van der Waals surface area contributed by atoms with E-state index >= 15 is 0 Å². The van der Waals surface area contributed by atoms with E-state index in [1.807, 2.05) is 6.07 Å². The highest BCUT2D eigenvalue weighted by atomic mass is 19.1. The second-order valence-corrected chi connectivity index (χ2v) is 7.08. The lowest BCUT2D eigenvalue weighted by atomic mass is 9.92. The molecule has 6 heteroatoms. The highest BCUT2D eigenvalue weighted by Gasteiger charge is 2.26. The van der Waals surface area contributed by atoms with Gasteiger partial charge in [-0.1, -0.05) is 31.0 Å². The summed E-state index contributed by atoms with van der Waals surface area (Å²) in [5.74, 6) is -0.536. The first kappa shape index (κ1) is 17.7. The maximum absolute atomic E-state index is 14.1. The number of hydrogen-bond donors (Lipinski definition) is 2. The summed E-state index contributed by atoms with van der Waals surface area (Å²) in [6, 6.07) is 11.8. The molecule has 1 amide bonds. The average Bonchev–Trinajstić information content (AvgIpc) is 3.04. The molecule has 2 atom stereocenters. The first-order valence-electron chi connectivity index (χ1n) is 9.31. The number of nitrogens with one attached hydrogen (secondary N) is 1. The first-order chi connectivity index (χ1) is 13.1. The van der Waals surface area contributed by atoms with Gasteiger partial charge in [-0.3, -0.25) is 4.79 Å². The number of amides is 1. The molecule has 0 radical (unpaired) electrons. The van der Waals surface area contributed by atoms with Crippen molar-refractivity contribution in [2.45, 2.75) is 44.2 Å². The van der Waals surface area contributed by atoms with Crippen molar-refractivity contribution in [1.29, 1.82) is 0 Å². The number of carbonyl (C=O) groups is 1. The number of fused-ring (bicyclic) bond motifs is 1. The lowest BCUT2D eigenvalue weighted by Gasteiger charge is -2.28. The Morgan fingerprint density at radius 1 is 1.19 bits per heavy atom. The van der Waals surface area contributed by atoms with Crippen LogP contribution in [0.2, 0.25) is 0 Å². The van der Waals surface area contributed by atoms with Crippen LogP contribution in [0, 0.1) is 5.82 Å². The van der Waals surface area contributed by atoms with E-state index in [0.717, 1.165) is 30.3 Å². The number of aliphatic hydroxyl groups is 1. The van der Waals surface area contributed by atoms with Gasteiger partial charge in [-0.25, -0.2) is 8.91 Å². The summed E-state index contributed by atoms with van der Waals surface area (Å²) in [6.07, 6.45) is 4.93. The van der Waals surface area contributed by atoms with Gasteiger partial charge in [0.25, 0.3) is 5.91 Å². The van der Waals surface area contributed by atoms with Crippen LogP contribution < -0.4 is 5.32 Å². The number of aliphatic hydroxyl groups excluding tert-OH is 1. The summed E-state index contributed by atoms with van der Waals surface area (Å²) >= 11 is 0. The van der Waals surface area contributed by atoms with E-state index < -0.39 is 6.10 Å². The first-order valence-corrected chi connectivity index (χ1v) is 9.31. The fourth-order valence-electron chi connectivity index (χ4n) is 3.78. The molecule has 0 spiro atoms. The summed E-state index contributed by atoms with van der Waals surface area (Å²) in [7, 11) is 0. The molecule has 1 fully saturated rings. The largest absolute Gasteiger partial charge is 0.391 e. The molecule has 2 N–H and O–H groups in total. The van der Waals surface area contributed by atoms with Crippen molar-refractivity contribution in [2.75, 3.05) is 0 Å². The van der Waals surface area contributed by atoms with E-state index in [1.165, 1.54) is 6.07 Å². The van der Waals surface area contributed by atoms with Gasteiger partial charge in [0.1, 0.15) is 11.5 Å². The normalized spacial score (nSPS) is 19.9. The summed E-state index contributed by atoms with van der Waals surface area (Å²) < 4.78 is 15.6. The Bertz CT molecular complexity index is 969. The molecular formula is C21H22FN3O2. The number of halogens is 1. The molecule has 5 nitrogen and oxygen atoms in total. The van der Waals surface area contributed by atoms with Crippen LogP contribution >= 0.6 is 0 Å². The number of rotatable bonds is 4. The minimum atomic E-state index is -0.514. The number of hydrogen-bond acceptors (Lipinski definition) is 3. The Morgan fingerprint density at radius 2 is 2.00 bits per heavy atom. The van der Waals surface area contributed by atoms with Crippen LogP contribution in [0.5, 0.6) is 0 Å². The van der Waals surface area contributed by atoms with E-state index in [-0.39, 0.29) is 17.8 Å². The SMILES string of the molecule is O=C(N[C@H]1CCCC[C@@H]1O)c1cc(Cc2ccccc2F)c2cccnn12. The van der Waals surface area contributed by atoms with Crippen LogP contribution in [-0.4, -0.2) is 32.8 Å². The Labute approximate surface area is 156 Å². The van der Waals surface area contributed by atoms with Gasteiger partial charge in [0.05, 0.1) is 17.7 Å². The zero-order valence-corrected chi connectivity index (χ0v) is 14.9. The number of carbonyl (C=O) groups excluding carboxylic acids is 1. The second kappa shape index (κ2) is 7.48. The molecule has 0 aliphatic heterocycles. The molecule has 2 heterocycles. The van der Waals surface area contributed by atoms with Gasteiger partial charge in [0.2, 0.25) is 0 Å². The van der Waals surface area contributed by atoms with Crippen molar-refractivity contribution in [1.82, 2.24) is 14.9 Å². The molecule has 0 bridgehead atoms. The lowest BCUT2D eigenvalue weighted by molar-refractivity contribution is 0.0712. The highest BCUT2D eigenvalue weighted by molar-refractivity contribution is 5.94. The molecule has 140 valence electrons. The van der Waals surface area contributed by atoms with Gasteiger partial charge < -0.3 is 10.4 Å². The fraction of sp³-hybridized carbons (Fsp3) is 0.333. The molecule has 0 unspecified atom stereocenters. The van der Waals surface area contributed by atoms with Gasteiger partial charge in [0, 0.05) is 12.6 Å². The molecule has 1 aliphatic carbocycles. The minimum absolute atomic E-state index is 0.240. The molecule has 0 saturated heterocycles. The van der Waals surface area contributed by atoms with Crippen LogP contribution in [0.1, 0.15) is 47.3 Å². The maximum Gasteiger partial charge on any atom is 0.270 e. The quantitative estimate of drug-likeness (QED) is 0.745. The molecular weight excluding hydrogens is 345 g/mol. The molecule has 1 aromatic carbocycles. The monoisotopic (exact) mass is 367 g/mol. The Balaban J connectivity index is 1.65. The van der Waals surface area contributed by atoms with Crippen LogP contribution in [0.15, 0.2) is 48.7 Å². The zero-order valence-electron chi connectivity index (χ0n) is 14.9. The Kier molecular flexibility index (Phi) is 4.90. The average molecular weight is 367 g/mol. The molecule has 1 aliphatic rings. The summed E-state index contributed by atoms with van der Waals surface area (Å²) in [4.78, 5) is 12.8. The van der Waals surface area contributed by atoms with Crippen molar-refractivity contribution >= 4 is 11.4 Å². The molecule has 4 rings (SSSR count). The van der Waals surface area contributed by atoms with Crippen LogP contribution in [-0.2, 0) is 6.42 Å². The summed E-state index contributed by atoms with van der Waals surface area (Å²) in [5.41, 5.74) is 2.58. The third kappa shape index (κ3) is 3.57. The highest BCUT2D eigenvalue weighted by Crippen LogP contribution is 2.22. The van der Waals surface area contributed by atoms with Crippen LogP contribution in [0.25, 0.3) is 5.52 Å². The van der Waals surface area contributed by atoms with Gasteiger partial charge >= 0.3 is 0 Å². The van der Waals surface area contributed by atoms with Crippen LogP contribution in [0.3, 0.4) is 0 Å². The second-order valence-electron chi connectivity index (χ2n) is 7.08. The Hall–Kier alpha value is -2.73.